The van der Waals surface area contributed by atoms with Crippen LogP contribution in [0.1, 0.15) is 16.7 Å². The summed E-state index contributed by atoms with van der Waals surface area (Å²) in [7, 11) is -3.85. The quantitative estimate of drug-likeness (QED) is 0.818. The van der Waals surface area contributed by atoms with Crippen molar-refractivity contribution in [2.45, 2.75) is 20.5 Å². The van der Waals surface area contributed by atoms with E-state index in [1.54, 1.807) is 0 Å². The van der Waals surface area contributed by atoms with Gasteiger partial charge in [-0.1, -0.05) is 23.8 Å². The first-order valence-corrected chi connectivity index (χ1v) is 5.59. The van der Waals surface area contributed by atoms with E-state index in [4.69, 9.17) is 5.14 Å². The van der Waals surface area contributed by atoms with Gasteiger partial charge in [0.2, 0.25) is 0 Å². The van der Waals surface area contributed by atoms with Crippen LogP contribution in [-0.2, 0) is 21.1 Å². The zero-order chi connectivity index (χ0) is 10.8. The summed E-state index contributed by atoms with van der Waals surface area (Å²) in [6.45, 7) is 3.81. The van der Waals surface area contributed by atoms with Crippen LogP contribution in [0.5, 0.6) is 0 Å². The van der Waals surface area contributed by atoms with Gasteiger partial charge in [0.15, 0.2) is 0 Å². The monoisotopic (exact) mass is 215 g/mol. The van der Waals surface area contributed by atoms with Crippen molar-refractivity contribution in [3.05, 3.63) is 34.9 Å². The highest BCUT2D eigenvalue weighted by molar-refractivity contribution is 7.84. The Morgan fingerprint density at radius 3 is 2.57 bits per heavy atom. The number of benzene rings is 1. The Bertz CT molecular complexity index is 426. The van der Waals surface area contributed by atoms with Crippen molar-refractivity contribution in [1.82, 2.24) is 0 Å². The van der Waals surface area contributed by atoms with E-state index in [2.05, 4.69) is 4.18 Å². The Balaban J connectivity index is 2.81. The largest absolute Gasteiger partial charge is 0.333 e. The maximum Gasteiger partial charge on any atom is 0.333 e. The van der Waals surface area contributed by atoms with E-state index in [0.717, 1.165) is 16.7 Å². The third kappa shape index (κ3) is 3.45. The molecule has 0 atom stereocenters. The van der Waals surface area contributed by atoms with Gasteiger partial charge in [-0.25, -0.2) is 5.14 Å². The zero-order valence-corrected chi connectivity index (χ0v) is 8.97. The molecule has 0 spiro atoms. The Kier molecular flexibility index (Phi) is 3.25. The number of rotatable bonds is 3. The Morgan fingerprint density at radius 1 is 1.36 bits per heavy atom. The van der Waals surface area contributed by atoms with Crippen LogP contribution in [-0.4, -0.2) is 8.42 Å². The lowest BCUT2D eigenvalue weighted by molar-refractivity contribution is 0.308. The smallest absolute Gasteiger partial charge is 0.253 e. The highest BCUT2D eigenvalue weighted by Gasteiger charge is 2.05. The topological polar surface area (TPSA) is 69.4 Å². The van der Waals surface area contributed by atoms with Gasteiger partial charge in [0, 0.05) is 0 Å². The molecule has 14 heavy (non-hydrogen) atoms. The summed E-state index contributed by atoms with van der Waals surface area (Å²) in [5, 5.41) is 4.72. The molecule has 0 fully saturated rings. The summed E-state index contributed by atoms with van der Waals surface area (Å²) in [4.78, 5) is 0. The molecule has 5 heteroatoms. The average molecular weight is 215 g/mol. The van der Waals surface area contributed by atoms with Gasteiger partial charge < -0.3 is 0 Å². The van der Waals surface area contributed by atoms with E-state index in [1.807, 2.05) is 32.0 Å². The molecule has 2 N–H and O–H groups in total. The van der Waals surface area contributed by atoms with Gasteiger partial charge in [0.05, 0.1) is 6.61 Å². The van der Waals surface area contributed by atoms with Crippen LogP contribution in [0.25, 0.3) is 0 Å². The molecule has 0 aliphatic rings. The van der Waals surface area contributed by atoms with Crippen molar-refractivity contribution in [2.75, 3.05) is 0 Å². The van der Waals surface area contributed by atoms with E-state index < -0.39 is 10.3 Å². The summed E-state index contributed by atoms with van der Waals surface area (Å²) < 4.78 is 25.6. The van der Waals surface area contributed by atoms with E-state index in [0.29, 0.717) is 0 Å². The predicted molar refractivity (Wildman–Crippen MR) is 53.8 cm³/mol. The maximum atomic E-state index is 10.6. The normalized spacial score (nSPS) is 11.6. The summed E-state index contributed by atoms with van der Waals surface area (Å²) in [6, 6.07) is 5.74. The van der Waals surface area contributed by atoms with Crippen molar-refractivity contribution < 1.29 is 12.6 Å². The lowest BCUT2D eigenvalue weighted by atomic mass is 10.1. The van der Waals surface area contributed by atoms with Gasteiger partial charge in [-0.3, -0.25) is 4.18 Å². The standard InChI is InChI=1S/C9H13NO3S/c1-7-3-4-8(2)9(5-7)6-13-14(10,11)12/h3-5H,6H2,1-2H3,(H2,10,11,12). The number of hydrogen-bond acceptors (Lipinski definition) is 3. The Labute approximate surface area is 83.9 Å². The second kappa shape index (κ2) is 4.08. The SMILES string of the molecule is Cc1ccc(C)c(COS(N)(=O)=O)c1. The van der Waals surface area contributed by atoms with E-state index in [9.17, 15) is 8.42 Å². The molecule has 0 radical (unpaired) electrons. The average Bonchev–Trinajstić information content (AvgIpc) is 2.05. The highest BCUT2D eigenvalue weighted by Crippen LogP contribution is 2.12. The van der Waals surface area contributed by atoms with Crippen molar-refractivity contribution in [3.8, 4) is 0 Å². The Hall–Kier alpha value is -0.910. The first-order valence-electron chi connectivity index (χ1n) is 4.12. The van der Waals surface area contributed by atoms with Crippen LogP contribution < -0.4 is 5.14 Å². The second-order valence-corrected chi connectivity index (χ2v) is 4.41. The second-order valence-electron chi connectivity index (χ2n) is 3.18. The summed E-state index contributed by atoms with van der Waals surface area (Å²) in [5.41, 5.74) is 2.88. The molecule has 0 heterocycles. The van der Waals surface area contributed by atoms with E-state index >= 15 is 0 Å². The molecule has 0 bridgehead atoms. The molecule has 1 aromatic carbocycles. The third-order valence-corrected chi connectivity index (χ3v) is 2.33. The molecule has 1 aromatic rings. The van der Waals surface area contributed by atoms with Crippen LogP contribution >= 0.6 is 0 Å². The maximum absolute atomic E-state index is 10.6. The number of aryl methyl sites for hydroxylation is 2. The fourth-order valence-corrected chi connectivity index (χ4v) is 1.39. The van der Waals surface area contributed by atoms with Crippen molar-refractivity contribution in [3.63, 3.8) is 0 Å². The van der Waals surface area contributed by atoms with Crippen molar-refractivity contribution in [1.29, 1.82) is 0 Å². The van der Waals surface area contributed by atoms with E-state index in [-0.39, 0.29) is 6.61 Å². The first kappa shape index (κ1) is 11.2. The minimum absolute atomic E-state index is 0.00759. The van der Waals surface area contributed by atoms with Gasteiger partial charge in [-0.15, -0.1) is 0 Å². The molecule has 78 valence electrons. The molecular weight excluding hydrogens is 202 g/mol. The molecule has 4 nitrogen and oxygen atoms in total. The number of hydrogen-bond donors (Lipinski definition) is 1. The molecule has 0 unspecified atom stereocenters. The van der Waals surface area contributed by atoms with Crippen molar-refractivity contribution >= 4 is 10.3 Å². The Morgan fingerprint density at radius 2 is 2.00 bits per heavy atom. The minimum Gasteiger partial charge on any atom is -0.253 e. The van der Waals surface area contributed by atoms with Crippen LogP contribution in [0.15, 0.2) is 18.2 Å². The van der Waals surface area contributed by atoms with Crippen LogP contribution in [0.4, 0.5) is 0 Å². The predicted octanol–water partition coefficient (Wildman–Crippen LogP) is 1.02. The number of nitrogens with two attached hydrogens (primary N) is 1. The zero-order valence-electron chi connectivity index (χ0n) is 8.15. The van der Waals surface area contributed by atoms with Crippen LogP contribution in [0, 0.1) is 13.8 Å². The summed E-state index contributed by atoms with van der Waals surface area (Å²) in [6.07, 6.45) is 0. The van der Waals surface area contributed by atoms with Gasteiger partial charge in [0.1, 0.15) is 0 Å². The lowest BCUT2D eigenvalue weighted by Crippen LogP contribution is -2.15. The van der Waals surface area contributed by atoms with Crippen LogP contribution in [0.3, 0.4) is 0 Å². The van der Waals surface area contributed by atoms with Gasteiger partial charge in [-0.05, 0) is 25.0 Å². The molecule has 0 saturated heterocycles. The van der Waals surface area contributed by atoms with E-state index in [1.165, 1.54) is 0 Å². The summed E-state index contributed by atoms with van der Waals surface area (Å²) in [5.74, 6) is 0. The fourth-order valence-electron chi connectivity index (χ4n) is 1.10. The fraction of sp³-hybridized carbons (Fsp3) is 0.333. The van der Waals surface area contributed by atoms with Crippen LogP contribution in [0.2, 0.25) is 0 Å². The molecule has 0 saturated carbocycles. The van der Waals surface area contributed by atoms with Gasteiger partial charge >= 0.3 is 10.3 Å². The van der Waals surface area contributed by atoms with Gasteiger partial charge in [-0.2, -0.15) is 8.42 Å². The molecule has 0 aromatic heterocycles. The third-order valence-electron chi connectivity index (χ3n) is 1.88. The molecule has 1 rings (SSSR count). The molecular formula is C9H13NO3S. The summed E-state index contributed by atoms with van der Waals surface area (Å²) >= 11 is 0. The van der Waals surface area contributed by atoms with Crippen molar-refractivity contribution in [2.24, 2.45) is 5.14 Å². The lowest BCUT2D eigenvalue weighted by Gasteiger charge is -2.06. The van der Waals surface area contributed by atoms with Gasteiger partial charge in [0.25, 0.3) is 0 Å². The molecule has 0 amide bonds. The highest BCUT2D eigenvalue weighted by atomic mass is 32.2. The molecule has 0 aliphatic carbocycles. The first-order chi connectivity index (χ1) is 6.38. The minimum atomic E-state index is -3.85. The molecule has 0 aliphatic heterocycles.